The van der Waals surface area contributed by atoms with Gasteiger partial charge in [-0.05, 0) is 92.0 Å². The van der Waals surface area contributed by atoms with Crippen LogP contribution in [-0.4, -0.2) is 39.9 Å². The van der Waals surface area contributed by atoms with Crippen molar-refractivity contribution in [3.63, 3.8) is 0 Å². The standard InChI is InChI=1S/C46H28N2S.C45H27N3S.C39H23N3S/c1-3-14-29(15-4-1)33-27-39(30-16-5-2-6-17-30)47-40(28-33)31-18-13-19-32(26-31)44-36-22-9-8-21-35(36)43-45(48-44)37-23-10-7-20-34(37)42-38-24-11-12-25-41(38)49-46(42)43;1-3-13-28(14-4-1)37-27-38(47-45(46-37)31-15-5-2-6-16-31)29-23-25-30(26-24-29)42-34-19-9-8-18-33(34)41-43(48-42)35-20-10-7-17-32(35)40-36-21-11-12-22-39(36)49-44(40)41;1-3-13-24(14-4-1)31-23-32(41-39(40-31)25-15-5-2-6-16-25)36-28-19-9-8-18-27(28)35-37(42-36)29-20-10-7-17-26(29)34-30-21-11-12-22-33(30)43-38(34)35/h1-28H;1-27H;1-23H. The van der Waals surface area contributed by atoms with Gasteiger partial charge in [0.15, 0.2) is 11.6 Å². The molecule has 8 nitrogen and oxygen atoms in total. The topological polar surface area (TPSA) is 103 Å². The van der Waals surface area contributed by atoms with Gasteiger partial charge in [-0.25, -0.2) is 39.9 Å². The van der Waals surface area contributed by atoms with E-state index in [0.29, 0.717) is 11.6 Å². The van der Waals surface area contributed by atoms with E-state index in [1.165, 1.54) is 125 Å². The summed E-state index contributed by atoms with van der Waals surface area (Å²) in [6.45, 7) is 0. The van der Waals surface area contributed by atoms with Gasteiger partial charge in [0.2, 0.25) is 0 Å². The van der Waals surface area contributed by atoms with Crippen molar-refractivity contribution in [2.24, 2.45) is 0 Å². The molecule has 0 saturated carbocycles. The fourth-order valence-electron chi connectivity index (χ4n) is 20.9. The summed E-state index contributed by atoms with van der Waals surface area (Å²) in [5, 5.41) is 25.8. The SMILES string of the molecule is c1ccc(-c2cc(-c3ccc(-c4nc5c6ccccc6c6c7ccccc7sc6c5c5ccccc45)cc3)nc(-c3ccccc3)n2)cc1.c1ccc(-c2cc(-c3ccccc3)nc(-c3cccc(-c4nc5c6ccccc6c6c7ccccc7sc6c5c5ccccc45)c3)c2)cc1.c1ccc(-c2cc(-c3nc4c5ccccc5c5c6ccccc6sc5c4c4ccccc34)nc(-c3ccccc3)n2)cc1. The first kappa shape index (κ1) is 82.6. The Morgan fingerprint density at radius 3 is 0.759 bits per heavy atom. The predicted octanol–water partition coefficient (Wildman–Crippen LogP) is 36.0. The molecule has 11 heteroatoms. The van der Waals surface area contributed by atoms with Gasteiger partial charge in [-0.1, -0.05) is 425 Å². The smallest absolute Gasteiger partial charge is 0.160 e. The molecular formula is C130H78N8S3. The molecule has 0 bridgehead atoms. The molecule has 656 valence electrons. The highest BCUT2D eigenvalue weighted by atomic mass is 32.1. The lowest BCUT2D eigenvalue weighted by Gasteiger charge is -2.15. The molecule has 0 spiro atoms. The van der Waals surface area contributed by atoms with Gasteiger partial charge in [-0.15, -0.1) is 34.0 Å². The summed E-state index contributed by atoms with van der Waals surface area (Å²) in [4.78, 5) is 42.0. The monoisotopic (exact) mass is 1850 g/mol. The zero-order chi connectivity index (χ0) is 93.0. The van der Waals surface area contributed by atoms with Crippen LogP contribution in [-0.2, 0) is 0 Å². The quantitative estimate of drug-likeness (QED) is 0.118. The zero-order valence-electron chi connectivity index (χ0n) is 75.8. The van der Waals surface area contributed by atoms with E-state index in [-0.39, 0.29) is 0 Å². The molecule has 0 atom stereocenters. The summed E-state index contributed by atoms with van der Waals surface area (Å²) < 4.78 is 7.77. The Labute approximate surface area is 822 Å². The summed E-state index contributed by atoms with van der Waals surface area (Å²) in [5.41, 5.74) is 23.0. The van der Waals surface area contributed by atoms with Crippen LogP contribution in [0.2, 0.25) is 0 Å². The molecule has 0 radical (unpaired) electrons. The minimum atomic E-state index is 0.688. The molecule has 0 saturated heterocycles. The number of rotatable bonds is 11. The molecule has 141 heavy (non-hydrogen) atoms. The first-order valence-electron chi connectivity index (χ1n) is 47.4. The number of nitrogens with zero attached hydrogens (tertiary/aromatic N) is 8. The minimum Gasteiger partial charge on any atom is -0.248 e. The van der Waals surface area contributed by atoms with E-state index in [2.05, 4.69) is 394 Å². The van der Waals surface area contributed by atoms with Crippen LogP contribution in [0.5, 0.6) is 0 Å². The highest BCUT2D eigenvalue weighted by molar-refractivity contribution is 7.28. The molecule has 0 aliphatic carbocycles. The van der Waals surface area contributed by atoms with E-state index in [9.17, 15) is 0 Å². The lowest BCUT2D eigenvalue weighted by molar-refractivity contribution is 1.17. The first-order chi connectivity index (χ1) is 69.9. The maximum Gasteiger partial charge on any atom is 0.160 e. The van der Waals surface area contributed by atoms with Gasteiger partial charge in [-0.3, -0.25) is 0 Å². The van der Waals surface area contributed by atoms with Crippen LogP contribution >= 0.6 is 34.0 Å². The molecule has 20 aromatic carbocycles. The zero-order valence-corrected chi connectivity index (χ0v) is 78.3. The summed E-state index contributed by atoms with van der Waals surface area (Å²) >= 11 is 5.60. The Bertz CT molecular complexity index is 9880. The van der Waals surface area contributed by atoms with Crippen molar-refractivity contribution in [3.05, 3.63) is 473 Å². The molecule has 0 aliphatic rings. The van der Waals surface area contributed by atoms with Gasteiger partial charge in [0, 0.05) is 159 Å². The second-order valence-corrected chi connectivity index (χ2v) is 38.8. The third kappa shape index (κ3) is 14.5. The van der Waals surface area contributed by atoms with Gasteiger partial charge < -0.3 is 0 Å². The predicted molar refractivity (Wildman–Crippen MR) is 598 cm³/mol. The van der Waals surface area contributed by atoms with Crippen LogP contribution in [0.1, 0.15) is 0 Å². The van der Waals surface area contributed by atoms with Crippen molar-refractivity contribution in [3.8, 4) is 124 Å². The van der Waals surface area contributed by atoms with E-state index in [0.717, 1.165) is 145 Å². The van der Waals surface area contributed by atoms with Crippen molar-refractivity contribution in [1.29, 1.82) is 0 Å². The fraction of sp³-hybridized carbons (Fsp3) is 0. The van der Waals surface area contributed by atoms with E-state index >= 15 is 0 Å². The van der Waals surface area contributed by atoms with Crippen LogP contribution in [0.4, 0.5) is 0 Å². The van der Waals surface area contributed by atoms with Crippen LogP contribution in [0.15, 0.2) is 473 Å². The Hall–Kier alpha value is -17.8. The molecular weight excluding hydrogens is 1770 g/mol. The van der Waals surface area contributed by atoms with Crippen molar-refractivity contribution in [1.82, 2.24) is 39.9 Å². The van der Waals surface area contributed by atoms with Crippen LogP contribution in [0.25, 0.3) is 282 Å². The number of fused-ring (bicyclic) bond motifs is 30. The second kappa shape index (κ2) is 34.8. The van der Waals surface area contributed by atoms with E-state index in [4.69, 9.17) is 39.9 Å². The largest absolute Gasteiger partial charge is 0.248 e. The minimum absolute atomic E-state index is 0.688. The van der Waals surface area contributed by atoms with Gasteiger partial charge in [0.05, 0.1) is 67.8 Å². The third-order valence-electron chi connectivity index (χ3n) is 27.3. The van der Waals surface area contributed by atoms with E-state index in [1.807, 2.05) is 113 Å². The lowest BCUT2D eigenvalue weighted by Crippen LogP contribution is -1.98. The average molecular weight is 1850 g/mol. The molecule has 0 unspecified atom stereocenters. The average Bonchev–Trinajstić information content (AvgIpc) is 1.64. The summed E-state index contributed by atoms with van der Waals surface area (Å²) in [6.07, 6.45) is 0. The first-order valence-corrected chi connectivity index (χ1v) is 49.9. The highest BCUT2D eigenvalue weighted by Crippen LogP contribution is 2.52. The van der Waals surface area contributed by atoms with Crippen molar-refractivity contribution < 1.29 is 0 Å². The second-order valence-electron chi connectivity index (χ2n) is 35.6. The summed E-state index contributed by atoms with van der Waals surface area (Å²) in [6, 6.07) is 167. The fourth-order valence-corrected chi connectivity index (χ4v) is 24.7. The lowest BCUT2D eigenvalue weighted by atomic mass is 9.94. The van der Waals surface area contributed by atoms with Crippen molar-refractivity contribution in [2.75, 3.05) is 0 Å². The molecule has 29 aromatic rings. The molecule has 9 aromatic heterocycles. The Kier molecular flexibility index (Phi) is 20.4. The van der Waals surface area contributed by atoms with Crippen LogP contribution in [0.3, 0.4) is 0 Å². The number of benzene rings is 20. The normalized spacial score (nSPS) is 11.7. The van der Waals surface area contributed by atoms with E-state index < -0.39 is 0 Å². The molecule has 9 heterocycles. The summed E-state index contributed by atoms with van der Waals surface area (Å²) in [7, 11) is 0. The van der Waals surface area contributed by atoms with Crippen molar-refractivity contribution >= 4 is 192 Å². The Morgan fingerprint density at radius 1 is 0.128 bits per heavy atom. The Balaban J connectivity index is 0.000000106. The molecule has 0 N–H and O–H groups in total. The maximum absolute atomic E-state index is 5.57. The summed E-state index contributed by atoms with van der Waals surface area (Å²) in [5.74, 6) is 1.40. The number of hydrogen-bond acceptors (Lipinski definition) is 11. The molecule has 0 amide bonds. The number of thiophene rings is 3. The number of aromatic nitrogens is 8. The van der Waals surface area contributed by atoms with Gasteiger partial charge >= 0.3 is 0 Å². The van der Waals surface area contributed by atoms with Gasteiger partial charge in [-0.2, -0.15) is 0 Å². The molecule has 0 aliphatic heterocycles. The maximum atomic E-state index is 5.57. The third-order valence-corrected chi connectivity index (χ3v) is 30.9. The van der Waals surface area contributed by atoms with Crippen molar-refractivity contribution in [2.45, 2.75) is 0 Å². The van der Waals surface area contributed by atoms with Crippen LogP contribution < -0.4 is 0 Å². The van der Waals surface area contributed by atoms with E-state index in [1.54, 1.807) is 0 Å². The molecule has 29 rings (SSSR count). The van der Waals surface area contributed by atoms with Crippen LogP contribution in [0, 0.1) is 0 Å². The number of hydrogen-bond donors (Lipinski definition) is 0. The Morgan fingerprint density at radius 2 is 0.376 bits per heavy atom. The van der Waals surface area contributed by atoms with Gasteiger partial charge in [0.25, 0.3) is 0 Å². The highest BCUT2D eigenvalue weighted by Gasteiger charge is 2.27. The molecule has 0 fully saturated rings. The van der Waals surface area contributed by atoms with Gasteiger partial charge in [0.1, 0.15) is 0 Å². The number of pyridine rings is 4.